The van der Waals surface area contributed by atoms with Crippen molar-refractivity contribution < 1.29 is 9.18 Å². The van der Waals surface area contributed by atoms with Gasteiger partial charge in [-0.2, -0.15) is 0 Å². The molecule has 1 aromatic carbocycles. The molecule has 4 heterocycles. The second-order valence-electron chi connectivity index (χ2n) is 7.98. The van der Waals surface area contributed by atoms with Crippen LogP contribution < -0.4 is 4.90 Å². The van der Waals surface area contributed by atoms with Gasteiger partial charge in [-0.15, -0.1) is 0 Å². The molecule has 0 radical (unpaired) electrons. The van der Waals surface area contributed by atoms with E-state index in [2.05, 4.69) is 24.9 Å². The van der Waals surface area contributed by atoms with Crippen molar-refractivity contribution in [1.82, 2.24) is 24.9 Å². The summed E-state index contributed by atoms with van der Waals surface area (Å²) in [6.07, 6.45) is 7.69. The Morgan fingerprint density at radius 2 is 1.87 bits per heavy atom. The predicted octanol–water partition coefficient (Wildman–Crippen LogP) is 4.33. The zero-order chi connectivity index (χ0) is 21.8. The standard InChI is InChI=1S/C23H19FN6O/c1-13-26-9-15(10-27-13)30-20-8-14(4-5-17(20)23(2,3)22(30)31)19-12-28-21(29-19)16-6-7-25-11-18(16)24/h4-12H,1-3H3,(H,28,29). The highest BCUT2D eigenvalue weighted by Crippen LogP contribution is 2.46. The number of hydrogen-bond donors (Lipinski definition) is 1. The van der Waals surface area contributed by atoms with Gasteiger partial charge in [0.15, 0.2) is 5.82 Å². The number of aromatic nitrogens is 5. The van der Waals surface area contributed by atoms with E-state index < -0.39 is 11.2 Å². The molecular weight excluding hydrogens is 395 g/mol. The topological polar surface area (TPSA) is 87.7 Å². The number of rotatable bonds is 3. The van der Waals surface area contributed by atoms with Gasteiger partial charge in [-0.05, 0) is 38.5 Å². The lowest BCUT2D eigenvalue weighted by Gasteiger charge is -2.20. The van der Waals surface area contributed by atoms with Crippen LogP contribution in [0.5, 0.6) is 0 Å². The minimum atomic E-state index is -0.685. The van der Waals surface area contributed by atoms with Gasteiger partial charge in [0.05, 0.1) is 46.6 Å². The van der Waals surface area contributed by atoms with Gasteiger partial charge in [-0.1, -0.05) is 12.1 Å². The molecule has 0 aliphatic carbocycles. The fourth-order valence-corrected chi connectivity index (χ4v) is 3.84. The third-order valence-electron chi connectivity index (χ3n) is 5.58. The lowest BCUT2D eigenvalue weighted by molar-refractivity contribution is -0.121. The largest absolute Gasteiger partial charge is 0.344 e. The Kier molecular flexibility index (Phi) is 4.18. The van der Waals surface area contributed by atoms with Crippen molar-refractivity contribution in [3.8, 4) is 22.6 Å². The minimum Gasteiger partial charge on any atom is -0.344 e. The Hall–Kier alpha value is -3.94. The van der Waals surface area contributed by atoms with Gasteiger partial charge < -0.3 is 4.98 Å². The van der Waals surface area contributed by atoms with E-state index in [0.29, 0.717) is 28.6 Å². The van der Waals surface area contributed by atoms with Gasteiger partial charge in [-0.25, -0.2) is 19.3 Å². The number of carbonyl (C=O) groups is 1. The second kappa shape index (κ2) is 6.80. The van der Waals surface area contributed by atoms with Crippen molar-refractivity contribution in [1.29, 1.82) is 0 Å². The van der Waals surface area contributed by atoms with E-state index in [-0.39, 0.29) is 5.91 Å². The maximum Gasteiger partial charge on any atom is 0.241 e. The maximum atomic E-state index is 14.1. The highest BCUT2D eigenvalue weighted by Gasteiger charge is 2.44. The summed E-state index contributed by atoms with van der Waals surface area (Å²) in [4.78, 5) is 34.7. The number of hydrogen-bond acceptors (Lipinski definition) is 5. The number of amides is 1. The van der Waals surface area contributed by atoms with Crippen LogP contribution in [0.4, 0.5) is 15.8 Å². The number of pyridine rings is 1. The second-order valence-corrected chi connectivity index (χ2v) is 7.98. The number of nitrogens with one attached hydrogen (secondary N) is 1. The lowest BCUT2D eigenvalue weighted by Crippen LogP contribution is -2.33. The first-order valence-corrected chi connectivity index (χ1v) is 9.79. The fraction of sp³-hybridized carbons (Fsp3) is 0.174. The van der Waals surface area contributed by atoms with Crippen LogP contribution in [0.3, 0.4) is 0 Å². The molecule has 4 aromatic rings. The van der Waals surface area contributed by atoms with Crippen molar-refractivity contribution in [2.24, 2.45) is 0 Å². The SMILES string of the molecule is Cc1ncc(N2C(=O)C(C)(C)c3ccc(-c4c[nH]c(-c5ccncc5F)n4)cc32)cn1. The average Bonchev–Trinajstić information content (AvgIpc) is 3.32. The first-order valence-electron chi connectivity index (χ1n) is 9.79. The zero-order valence-electron chi connectivity index (χ0n) is 17.2. The number of anilines is 2. The monoisotopic (exact) mass is 414 g/mol. The predicted molar refractivity (Wildman–Crippen MR) is 114 cm³/mol. The molecule has 1 aliphatic rings. The maximum absolute atomic E-state index is 14.1. The molecule has 3 aromatic heterocycles. The number of carbonyl (C=O) groups excluding carboxylic acids is 1. The molecule has 0 saturated carbocycles. The summed E-state index contributed by atoms with van der Waals surface area (Å²) in [5.74, 6) is 0.551. The molecule has 0 bridgehead atoms. The molecule has 0 spiro atoms. The van der Waals surface area contributed by atoms with E-state index in [9.17, 15) is 9.18 Å². The number of halogens is 1. The number of imidazole rings is 1. The number of nitrogens with zero attached hydrogens (tertiary/aromatic N) is 5. The average molecular weight is 414 g/mol. The van der Waals surface area contributed by atoms with Gasteiger partial charge in [-0.3, -0.25) is 14.7 Å². The molecule has 0 saturated heterocycles. The molecule has 0 fully saturated rings. The Balaban J connectivity index is 1.60. The van der Waals surface area contributed by atoms with Crippen LogP contribution in [0, 0.1) is 12.7 Å². The van der Waals surface area contributed by atoms with Gasteiger partial charge in [0.1, 0.15) is 11.6 Å². The summed E-state index contributed by atoms with van der Waals surface area (Å²) >= 11 is 0. The van der Waals surface area contributed by atoms with E-state index in [1.54, 1.807) is 36.5 Å². The van der Waals surface area contributed by atoms with E-state index in [0.717, 1.165) is 23.0 Å². The number of fused-ring (bicyclic) bond motifs is 1. The smallest absolute Gasteiger partial charge is 0.241 e. The Morgan fingerprint density at radius 3 is 2.61 bits per heavy atom. The van der Waals surface area contributed by atoms with E-state index in [4.69, 9.17) is 0 Å². The van der Waals surface area contributed by atoms with Crippen LogP contribution >= 0.6 is 0 Å². The Morgan fingerprint density at radius 1 is 1.10 bits per heavy atom. The number of aromatic amines is 1. The molecule has 7 nitrogen and oxygen atoms in total. The molecule has 1 N–H and O–H groups in total. The Labute approximate surface area is 178 Å². The number of aryl methyl sites for hydroxylation is 1. The molecule has 1 amide bonds. The van der Waals surface area contributed by atoms with Crippen LogP contribution in [0.1, 0.15) is 25.2 Å². The summed E-state index contributed by atoms with van der Waals surface area (Å²) < 4.78 is 14.1. The van der Waals surface area contributed by atoms with Crippen LogP contribution in [0.25, 0.3) is 22.6 Å². The van der Waals surface area contributed by atoms with Crippen molar-refractivity contribution in [3.05, 3.63) is 72.5 Å². The quantitative estimate of drug-likeness (QED) is 0.539. The van der Waals surface area contributed by atoms with Gasteiger partial charge >= 0.3 is 0 Å². The Bertz CT molecular complexity index is 1310. The molecule has 0 atom stereocenters. The van der Waals surface area contributed by atoms with Crippen LogP contribution in [-0.4, -0.2) is 30.8 Å². The van der Waals surface area contributed by atoms with E-state index >= 15 is 0 Å². The first kappa shape index (κ1) is 19.0. The van der Waals surface area contributed by atoms with Gasteiger partial charge in [0.2, 0.25) is 5.91 Å². The number of H-pyrrole nitrogens is 1. The third-order valence-corrected chi connectivity index (χ3v) is 5.58. The molecule has 1 aliphatic heterocycles. The summed E-state index contributed by atoms with van der Waals surface area (Å²) in [5.41, 5.74) is 3.40. The molecular formula is C23H19FN6O. The van der Waals surface area contributed by atoms with Crippen molar-refractivity contribution in [2.75, 3.05) is 4.90 Å². The summed E-state index contributed by atoms with van der Waals surface area (Å²) in [6, 6.07) is 7.36. The van der Waals surface area contributed by atoms with Crippen LogP contribution in [0.15, 0.2) is 55.2 Å². The number of benzene rings is 1. The van der Waals surface area contributed by atoms with Crippen molar-refractivity contribution >= 4 is 17.3 Å². The first-order chi connectivity index (χ1) is 14.9. The summed E-state index contributed by atoms with van der Waals surface area (Å²) in [5, 5.41) is 0. The zero-order valence-corrected chi connectivity index (χ0v) is 17.2. The highest BCUT2D eigenvalue weighted by atomic mass is 19.1. The normalized spacial score (nSPS) is 14.7. The van der Waals surface area contributed by atoms with Gasteiger partial charge in [0.25, 0.3) is 0 Å². The van der Waals surface area contributed by atoms with E-state index in [1.165, 1.54) is 6.20 Å². The van der Waals surface area contributed by atoms with Crippen molar-refractivity contribution in [2.45, 2.75) is 26.2 Å². The highest BCUT2D eigenvalue weighted by molar-refractivity contribution is 6.12. The molecule has 154 valence electrons. The minimum absolute atomic E-state index is 0.0475. The van der Waals surface area contributed by atoms with Gasteiger partial charge in [0, 0.05) is 18.0 Å². The van der Waals surface area contributed by atoms with E-state index in [1.807, 2.05) is 32.0 Å². The third kappa shape index (κ3) is 2.99. The molecule has 31 heavy (non-hydrogen) atoms. The summed E-state index contributed by atoms with van der Waals surface area (Å²) in [7, 11) is 0. The lowest BCUT2D eigenvalue weighted by atomic mass is 9.86. The van der Waals surface area contributed by atoms with Crippen LogP contribution in [-0.2, 0) is 10.2 Å². The molecule has 5 rings (SSSR count). The van der Waals surface area contributed by atoms with Crippen molar-refractivity contribution in [3.63, 3.8) is 0 Å². The van der Waals surface area contributed by atoms with Crippen LogP contribution in [0.2, 0.25) is 0 Å². The molecule has 8 heteroatoms. The molecule has 0 unspecified atom stereocenters. The fourth-order valence-electron chi connectivity index (χ4n) is 3.84. The summed E-state index contributed by atoms with van der Waals surface area (Å²) in [6.45, 7) is 5.61.